The third-order valence-electron chi connectivity index (χ3n) is 3.35. The summed E-state index contributed by atoms with van der Waals surface area (Å²) in [5, 5.41) is 0. The molecule has 1 heteroatoms. The Labute approximate surface area is 86.3 Å². The lowest BCUT2D eigenvalue weighted by molar-refractivity contribution is 0.376. The first-order valence-electron chi connectivity index (χ1n) is 5.42. The highest BCUT2D eigenvalue weighted by atomic mass is 14.5. The number of rotatable bonds is 1. The van der Waals surface area contributed by atoms with Crippen LogP contribution in [-0.2, 0) is 0 Å². The fourth-order valence-corrected chi connectivity index (χ4v) is 2.53. The predicted molar refractivity (Wildman–Crippen MR) is 61.2 cm³/mol. The molecule has 1 aliphatic carbocycles. The van der Waals surface area contributed by atoms with Crippen molar-refractivity contribution < 1.29 is 0 Å². The zero-order chi connectivity index (χ0) is 10.2. The third-order valence-corrected chi connectivity index (χ3v) is 3.35. The molecule has 0 spiro atoms. The van der Waals surface area contributed by atoms with Gasteiger partial charge in [-0.25, -0.2) is 0 Å². The average Bonchev–Trinajstić information content (AvgIpc) is 2.46. The van der Waals surface area contributed by atoms with E-state index in [0.717, 1.165) is 11.6 Å². The Balaban J connectivity index is 2.17. The fraction of sp³-hybridized carbons (Fsp3) is 0.538. The molecule has 2 N–H and O–H groups in total. The van der Waals surface area contributed by atoms with Crippen LogP contribution in [0.15, 0.2) is 24.3 Å². The fourth-order valence-electron chi connectivity index (χ4n) is 2.53. The Morgan fingerprint density at radius 2 is 2.14 bits per heavy atom. The van der Waals surface area contributed by atoms with Gasteiger partial charge < -0.3 is 5.73 Å². The summed E-state index contributed by atoms with van der Waals surface area (Å²) in [7, 11) is 0. The van der Waals surface area contributed by atoms with Gasteiger partial charge in [-0.3, -0.25) is 0 Å². The van der Waals surface area contributed by atoms with Gasteiger partial charge in [-0.15, -0.1) is 0 Å². The Morgan fingerprint density at radius 1 is 1.36 bits per heavy atom. The van der Waals surface area contributed by atoms with E-state index in [9.17, 15) is 0 Å². The zero-order valence-corrected chi connectivity index (χ0v) is 9.09. The Hall–Kier alpha value is -0.980. The van der Waals surface area contributed by atoms with Gasteiger partial charge in [0.15, 0.2) is 0 Å². The smallest absolute Gasteiger partial charge is 0.0316 e. The average molecular weight is 189 g/mol. The maximum absolute atomic E-state index is 5.79. The molecule has 14 heavy (non-hydrogen) atoms. The molecule has 76 valence electrons. The molecule has 1 aromatic rings. The molecule has 0 amide bonds. The van der Waals surface area contributed by atoms with Crippen LogP contribution in [0.5, 0.6) is 0 Å². The highest BCUT2D eigenvalue weighted by molar-refractivity contribution is 5.42. The van der Waals surface area contributed by atoms with Crippen molar-refractivity contribution in [2.75, 3.05) is 5.73 Å². The molecule has 1 saturated carbocycles. The van der Waals surface area contributed by atoms with E-state index in [2.05, 4.69) is 32.0 Å². The topological polar surface area (TPSA) is 26.0 Å². The van der Waals surface area contributed by atoms with E-state index in [1.165, 1.54) is 24.8 Å². The lowest BCUT2D eigenvalue weighted by atomic mass is 9.88. The summed E-state index contributed by atoms with van der Waals surface area (Å²) in [5.74, 6) is 0.730. The maximum Gasteiger partial charge on any atom is 0.0316 e. The quantitative estimate of drug-likeness (QED) is 0.672. The zero-order valence-electron chi connectivity index (χ0n) is 9.09. The molecule has 0 radical (unpaired) electrons. The predicted octanol–water partition coefficient (Wildman–Crippen LogP) is 3.56. The van der Waals surface area contributed by atoms with Crippen LogP contribution in [0.1, 0.15) is 44.6 Å². The minimum atomic E-state index is 0.523. The van der Waals surface area contributed by atoms with E-state index >= 15 is 0 Å². The summed E-state index contributed by atoms with van der Waals surface area (Å²) in [6.07, 6.45) is 3.96. The second-order valence-electron chi connectivity index (χ2n) is 5.27. The van der Waals surface area contributed by atoms with E-state index < -0.39 is 0 Å². The van der Waals surface area contributed by atoms with Gasteiger partial charge in [0.1, 0.15) is 0 Å². The number of benzene rings is 1. The van der Waals surface area contributed by atoms with Crippen molar-refractivity contribution in [3.63, 3.8) is 0 Å². The largest absolute Gasteiger partial charge is 0.399 e. The molecule has 1 unspecified atom stereocenters. The van der Waals surface area contributed by atoms with Crippen molar-refractivity contribution in [3.05, 3.63) is 29.8 Å². The van der Waals surface area contributed by atoms with Gasteiger partial charge in [-0.1, -0.05) is 26.0 Å². The number of nitrogens with two attached hydrogens (primary N) is 1. The van der Waals surface area contributed by atoms with E-state index in [1.807, 2.05) is 6.07 Å². The molecule has 0 bridgehead atoms. The van der Waals surface area contributed by atoms with Gasteiger partial charge in [-0.2, -0.15) is 0 Å². The lowest BCUT2D eigenvalue weighted by Crippen LogP contribution is -2.04. The highest BCUT2D eigenvalue weighted by Crippen LogP contribution is 2.46. The molecule has 0 saturated heterocycles. The van der Waals surface area contributed by atoms with Crippen LogP contribution in [0.2, 0.25) is 0 Å². The van der Waals surface area contributed by atoms with Crippen molar-refractivity contribution in [3.8, 4) is 0 Å². The second-order valence-corrected chi connectivity index (χ2v) is 5.27. The van der Waals surface area contributed by atoms with Gasteiger partial charge in [-0.05, 0) is 48.3 Å². The molecule has 1 aliphatic rings. The van der Waals surface area contributed by atoms with Gasteiger partial charge in [0.05, 0.1) is 0 Å². The SMILES string of the molecule is CC1(C)CCC(c2cccc(N)c2)C1. The molecular formula is C13H19N. The van der Waals surface area contributed by atoms with Crippen LogP contribution in [-0.4, -0.2) is 0 Å². The first-order chi connectivity index (χ1) is 6.57. The molecular weight excluding hydrogens is 170 g/mol. The minimum absolute atomic E-state index is 0.523. The van der Waals surface area contributed by atoms with Gasteiger partial charge in [0.25, 0.3) is 0 Å². The van der Waals surface area contributed by atoms with Gasteiger partial charge >= 0.3 is 0 Å². The Morgan fingerprint density at radius 3 is 2.71 bits per heavy atom. The molecule has 1 fully saturated rings. The Kier molecular flexibility index (Phi) is 2.26. The molecule has 1 nitrogen and oxygen atoms in total. The normalized spacial score (nSPS) is 25.1. The highest BCUT2D eigenvalue weighted by Gasteiger charge is 2.31. The van der Waals surface area contributed by atoms with E-state index in [0.29, 0.717) is 5.41 Å². The standard InChI is InChI=1S/C13H19N/c1-13(2)7-6-11(9-13)10-4-3-5-12(14)8-10/h3-5,8,11H,6-7,9,14H2,1-2H3. The van der Waals surface area contributed by atoms with Crippen molar-refractivity contribution >= 4 is 5.69 Å². The van der Waals surface area contributed by atoms with Gasteiger partial charge in [0, 0.05) is 5.69 Å². The van der Waals surface area contributed by atoms with Gasteiger partial charge in [0.2, 0.25) is 0 Å². The monoisotopic (exact) mass is 189 g/mol. The minimum Gasteiger partial charge on any atom is -0.399 e. The molecule has 2 rings (SSSR count). The van der Waals surface area contributed by atoms with Crippen molar-refractivity contribution in [2.24, 2.45) is 5.41 Å². The second kappa shape index (κ2) is 3.30. The van der Waals surface area contributed by atoms with E-state index in [1.54, 1.807) is 0 Å². The van der Waals surface area contributed by atoms with Crippen LogP contribution in [0.3, 0.4) is 0 Å². The van der Waals surface area contributed by atoms with E-state index in [4.69, 9.17) is 5.73 Å². The summed E-state index contributed by atoms with van der Waals surface area (Å²) >= 11 is 0. The van der Waals surface area contributed by atoms with Crippen LogP contribution >= 0.6 is 0 Å². The summed E-state index contributed by atoms with van der Waals surface area (Å²) in [5.41, 5.74) is 8.64. The molecule has 0 aromatic heterocycles. The summed E-state index contributed by atoms with van der Waals surface area (Å²) in [4.78, 5) is 0. The maximum atomic E-state index is 5.79. The first-order valence-corrected chi connectivity index (χ1v) is 5.42. The molecule has 1 atom stereocenters. The van der Waals surface area contributed by atoms with Crippen LogP contribution in [0, 0.1) is 5.41 Å². The van der Waals surface area contributed by atoms with Crippen molar-refractivity contribution in [2.45, 2.75) is 39.0 Å². The first kappa shape index (κ1) is 9.57. The van der Waals surface area contributed by atoms with Crippen molar-refractivity contribution in [1.29, 1.82) is 0 Å². The number of hydrogen-bond donors (Lipinski definition) is 1. The lowest BCUT2D eigenvalue weighted by Gasteiger charge is -2.17. The number of hydrogen-bond acceptors (Lipinski definition) is 1. The van der Waals surface area contributed by atoms with E-state index in [-0.39, 0.29) is 0 Å². The Bertz CT molecular complexity index is 328. The van der Waals surface area contributed by atoms with Crippen LogP contribution in [0.4, 0.5) is 5.69 Å². The number of nitrogen functional groups attached to an aromatic ring is 1. The van der Waals surface area contributed by atoms with Crippen LogP contribution < -0.4 is 5.73 Å². The molecule has 0 heterocycles. The number of anilines is 1. The van der Waals surface area contributed by atoms with Crippen LogP contribution in [0.25, 0.3) is 0 Å². The summed E-state index contributed by atoms with van der Waals surface area (Å²) in [6.45, 7) is 4.72. The summed E-state index contributed by atoms with van der Waals surface area (Å²) in [6, 6.07) is 8.37. The van der Waals surface area contributed by atoms with Crippen molar-refractivity contribution in [1.82, 2.24) is 0 Å². The third kappa shape index (κ3) is 1.92. The molecule has 0 aliphatic heterocycles. The molecule has 1 aromatic carbocycles. The summed E-state index contributed by atoms with van der Waals surface area (Å²) < 4.78 is 0.